The quantitative estimate of drug-likeness (QED) is 0.669. The first-order valence-electron chi connectivity index (χ1n) is 6.00. The fraction of sp³-hybridized carbons (Fsp3) is 0.143. The summed E-state index contributed by atoms with van der Waals surface area (Å²) in [4.78, 5) is 14.4. The van der Waals surface area contributed by atoms with Gasteiger partial charge >= 0.3 is 5.97 Å². The smallest absolute Gasteiger partial charge is 0.342 e. The first kappa shape index (κ1) is 12.8. The van der Waals surface area contributed by atoms with E-state index in [1.54, 1.807) is 29.9 Å². The third kappa shape index (κ3) is 2.08. The predicted molar refractivity (Wildman–Crippen MR) is 78.7 cm³/mol. The molecule has 1 atom stereocenters. The molecular weight excluding hydrogens is 276 g/mol. The van der Waals surface area contributed by atoms with Crippen molar-refractivity contribution >= 4 is 34.5 Å². The summed E-state index contributed by atoms with van der Waals surface area (Å²) in [5.41, 5.74) is 7.42. The molecule has 20 heavy (non-hydrogen) atoms. The third-order valence-electron chi connectivity index (χ3n) is 3.14. The van der Waals surface area contributed by atoms with Crippen LogP contribution in [0.1, 0.15) is 12.0 Å². The number of aliphatic imine (C=N–C) groups is 1. The first-order chi connectivity index (χ1) is 9.61. The van der Waals surface area contributed by atoms with Gasteiger partial charge in [-0.25, -0.2) is 9.79 Å². The standard InChI is InChI=1S/C14H12N2O3S/c15-12(16-14(13(17)18)5-1-7-20-14)10-2-3-11-9(8-10)4-6-19-11/h1-4,6-8H,5H2,(H2,15,16)(H,17,18). The van der Waals surface area contributed by atoms with Crippen molar-refractivity contribution in [2.45, 2.75) is 11.3 Å². The number of nitrogens with two attached hydrogens (primary N) is 1. The molecule has 1 aromatic heterocycles. The average molecular weight is 288 g/mol. The summed E-state index contributed by atoms with van der Waals surface area (Å²) < 4.78 is 5.26. The average Bonchev–Trinajstić information content (AvgIpc) is 3.06. The molecule has 5 nitrogen and oxygen atoms in total. The van der Waals surface area contributed by atoms with Crippen molar-refractivity contribution in [1.82, 2.24) is 0 Å². The molecule has 3 rings (SSSR count). The molecule has 2 heterocycles. The van der Waals surface area contributed by atoms with E-state index >= 15 is 0 Å². The molecule has 2 aromatic rings. The van der Waals surface area contributed by atoms with E-state index in [2.05, 4.69) is 4.99 Å². The van der Waals surface area contributed by atoms with Crippen LogP contribution >= 0.6 is 11.8 Å². The second-order valence-electron chi connectivity index (χ2n) is 4.45. The van der Waals surface area contributed by atoms with Gasteiger partial charge in [0.2, 0.25) is 4.87 Å². The number of rotatable bonds is 3. The van der Waals surface area contributed by atoms with Crippen LogP contribution in [0, 0.1) is 0 Å². The number of carbonyl (C=O) groups is 1. The van der Waals surface area contributed by atoms with Crippen LogP contribution in [0.25, 0.3) is 11.0 Å². The number of hydrogen-bond acceptors (Lipinski definition) is 4. The van der Waals surface area contributed by atoms with Gasteiger partial charge < -0.3 is 15.3 Å². The topological polar surface area (TPSA) is 88.8 Å². The number of thioether (sulfide) groups is 1. The maximum absolute atomic E-state index is 11.4. The highest BCUT2D eigenvalue weighted by atomic mass is 32.2. The minimum atomic E-state index is -1.24. The Kier molecular flexibility index (Phi) is 3.02. The summed E-state index contributed by atoms with van der Waals surface area (Å²) in [5, 5.41) is 12.0. The van der Waals surface area contributed by atoms with Gasteiger partial charge in [0, 0.05) is 17.4 Å². The summed E-state index contributed by atoms with van der Waals surface area (Å²) >= 11 is 1.16. The number of carboxylic acids is 1. The molecule has 0 aliphatic carbocycles. The van der Waals surface area contributed by atoms with E-state index in [4.69, 9.17) is 10.2 Å². The van der Waals surface area contributed by atoms with Gasteiger partial charge in [0.15, 0.2) is 0 Å². The highest BCUT2D eigenvalue weighted by Crippen LogP contribution is 2.38. The van der Waals surface area contributed by atoms with Gasteiger partial charge in [0.05, 0.1) is 6.26 Å². The van der Waals surface area contributed by atoms with E-state index in [0.717, 1.165) is 22.7 Å². The number of fused-ring (bicyclic) bond motifs is 1. The molecule has 1 aliphatic heterocycles. The van der Waals surface area contributed by atoms with Gasteiger partial charge in [-0.3, -0.25) is 0 Å². The molecule has 0 saturated carbocycles. The second kappa shape index (κ2) is 4.72. The molecule has 0 fully saturated rings. The zero-order valence-electron chi connectivity index (χ0n) is 10.4. The van der Waals surface area contributed by atoms with E-state index in [-0.39, 0.29) is 5.84 Å². The monoisotopic (exact) mass is 288 g/mol. The summed E-state index contributed by atoms with van der Waals surface area (Å²) in [5.74, 6) is -0.772. The molecule has 102 valence electrons. The minimum Gasteiger partial charge on any atom is -0.479 e. The van der Waals surface area contributed by atoms with Gasteiger partial charge in [-0.1, -0.05) is 17.8 Å². The van der Waals surface area contributed by atoms with Gasteiger partial charge in [-0.2, -0.15) is 0 Å². The maximum atomic E-state index is 11.4. The van der Waals surface area contributed by atoms with Crippen LogP contribution in [0.4, 0.5) is 0 Å². The van der Waals surface area contributed by atoms with Gasteiger partial charge in [0.25, 0.3) is 0 Å². The third-order valence-corrected chi connectivity index (χ3v) is 4.29. The van der Waals surface area contributed by atoms with Crippen LogP contribution in [0.2, 0.25) is 0 Å². The van der Waals surface area contributed by atoms with E-state index in [0.29, 0.717) is 12.0 Å². The fourth-order valence-electron chi connectivity index (χ4n) is 2.06. The Bertz CT molecular complexity index is 725. The van der Waals surface area contributed by atoms with Crippen molar-refractivity contribution in [3.05, 3.63) is 47.6 Å². The van der Waals surface area contributed by atoms with Crippen LogP contribution in [-0.4, -0.2) is 21.8 Å². The Hall–Kier alpha value is -2.21. The van der Waals surface area contributed by atoms with Crippen LogP contribution < -0.4 is 5.73 Å². The molecule has 0 radical (unpaired) electrons. The van der Waals surface area contributed by atoms with Crippen LogP contribution in [0.3, 0.4) is 0 Å². The van der Waals surface area contributed by atoms with Crippen molar-refractivity contribution in [1.29, 1.82) is 0 Å². The lowest BCUT2D eigenvalue weighted by Crippen LogP contribution is -2.33. The number of aliphatic carboxylic acids is 1. The van der Waals surface area contributed by atoms with E-state index in [9.17, 15) is 9.90 Å². The molecule has 0 saturated heterocycles. The number of furan rings is 1. The molecule has 0 spiro atoms. The summed E-state index contributed by atoms with van der Waals surface area (Å²) in [6.45, 7) is 0. The van der Waals surface area contributed by atoms with E-state index in [1.807, 2.05) is 12.1 Å². The van der Waals surface area contributed by atoms with E-state index in [1.165, 1.54) is 0 Å². The number of nitrogens with zero attached hydrogens (tertiary/aromatic N) is 1. The number of carboxylic acid groups (broad SMARTS) is 1. The molecule has 0 amide bonds. The van der Waals surface area contributed by atoms with Crippen molar-refractivity contribution in [2.24, 2.45) is 10.7 Å². The van der Waals surface area contributed by atoms with Crippen LogP contribution in [-0.2, 0) is 4.79 Å². The summed E-state index contributed by atoms with van der Waals surface area (Å²) in [6, 6.07) is 7.22. The number of hydrogen-bond donors (Lipinski definition) is 2. The zero-order valence-corrected chi connectivity index (χ0v) is 11.3. The highest BCUT2D eigenvalue weighted by molar-refractivity contribution is 8.04. The number of benzene rings is 1. The SMILES string of the molecule is NC(=NC1(C(=O)O)CC=CS1)c1ccc2occc2c1. The Morgan fingerprint density at radius 2 is 2.30 bits per heavy atom. The molecular formula is C14H12N2O3S. The van der Waals surface area contributed by atoms with Crippen molar-refractivity contribution in [3.8, 4) is 0 Å². The summed E-state index contributed by atoms with van der Waals surface area (Å²) in [6.07, 6.45) is 3.72. The Morgan fingerprint density at radius 3 is 3.00 bits per heavy atom. The molecule has 0 bridgehead atoms. The molecule has 1 unspecified atom stereocenters. The molecule has 1 aliphatic rings. The lowest BCUT2D eigenvalue weighted by atomic mass is 10.1. The van der Waals surface area contributed by atoms with Gasteiger partial charge in [-0.05, 0) is 29.7 Å². The molecule has 3 N–H and O–H groups in total. The fourth-order valence-corrected chi connectivity index (χ4v) is 2.92. The van der Waals surface area contributed by atoms with Gasteiger partial charge in [-0.15, -0.1) is 0 Å². The van der Waals surface area contributed by atoms with Crippen molar-refractivity contribution < 1.29 is 14.3 Å². The van der Waals surface area contributed by atoms with Crippen molar-refractivity contribution in [3.63, 3.8) is 0 Å². The normalized spacial score (nSPS) is 22.5. The lowest BCUT2D eigenvalue weighted by molar-refractivity contribution is -0.139. The van der Waals surface area contributed by atoms with Crippen molar-refractivity contribution in [2.75, 3.05) is 0 Å². The molecule has 6 heteroatoms. The second-order valence-corrected chi connectivity index (χ2v) is 5.64. The minimum absolute atomic E-state index is 0.215. The number of amidine groups is 1. The molecule has 1 aromatic carbocycles. The van der Waals surface area contributed by atoms with Crippen LogP contribution in [0.5, 0.6) is 0 Å². The Labute approximate surface area is 119 Å². The first-order valence-corrected chi connectivity index (χ1v) is 6.88. The zero-order chi connectivity index (χ0) is 14.2. The Balaban J connectivity index is 1.99. The maximum Gasteiger partial charge on any atom is 0.342 e. The van der Waals surface area contributed by atoms with Gasteiger partial charge in [0.1, 0.15) is 11.4 Å². The highest BCUT2D eigenvalue weighted by Gasteiger charge is 2.40. The van der Waals surface area contributed by atoms with Crippen LogP contribution in [0.15, 0.2) is 51.4 Å². The van der Waals surface area contributed by atoms with E-state index < -0.39 is 10.8 Å². The predicted octanol–water partition coefficient (Wildman–Crippen LogP) is 2.57. The largest absolute Gasteiger partial charge is 0.479 e. The Morgan fingerprint density at radius 1 is 1.45 bits per heavy atom. The summed E-state index contributed by atoms with van der Waals surface area (Å²) in [7, 11) is 0. The lowest BCUT2D eigenvalue weighted by Gasteiger charge is -2.18.